The van der Waals surface area contributed by atoms with E-state index in [0.717, 1.165) is 24.8 Å². The molecular formula is C26H35N3O5. The Morgan fingerprint density at radius 1 is 1.03 bits per heavy atom. The highest BCUT2D eigenvalue weighted by molar-refractivity contribution is 5.95. The Bertz CT molecular complexity index is 992. The van der Waals surface area contributed by atoms with Crippen LogP contribution in [0.15, 0.2) is 41.5 Å². The molecule has 3 rings (SSSR count). The lowest BCUT2D eigenvalue weighted by atomic mass is 10.0. The minimum Gasteiger partial charge on any atom is -0.493 e. The molecule has 2 aromatic rings. The average Bonchev–Trinajstić information content (AvgIpc) is 2.86. The standard InChI is InChI=1S/C26H35N3O5/c1-18(2)17-34-25-15-20(10-12-23(25)32-4)28-26(30)21-8-6-7-13-29(21)27-16-19-9-11-22(31-3)24(14-19)33-5/h9-12,14-16,18,21H,6-8,13,17H2,1-5H3,(H,28,30)/b27-16-/t21-/m0/s1. The van der Waals surface area contributed by atoms with Crippen LogP contribution in [0.3, 0.4) is 0 Å². The van der Waals surface area contributed by atoms with Gasteiger partial charge < -0.3 is 24.3 Å². The van der Waals surface area contributed by atoms with Crippen molar-refractivity contribution in [3.8, 4) is 23.0 Å². The van der Waals surface area contributed by atoms with E-state index >= 15 is 0 Å². The summed E-state index contributed by atoms with van der Waals surface area (Å²) in [6, 6.07) is 10.7. The van der Waals surface area contributed by atoms with Gasteiger partial charge in [-0.15, -0.1) is 0 Å². The fourth-order valence-electron chi connectivity index (χ4n) is 3.74. The van der Waals surface area contributed by atoms with Gasteiger partial charge in [0.25, 0.3) is 0 Å². The first-order valence-corrected chi connectivity index (χ1v) is 11.6. The maximum atomic E-state index is 13.2. The summed E-state index contributed by atoms with van der Waals surface area (Å²) in [5, 5.41) is 9.51. The number of anilines is 1. The van der Waals surface area contributed by atoms with Gasteiger partial charge in [-0.05, 0) is 61.1 Å². The molecule has 1 saturated heterocycles. The van der Waals surface area contributed by atoms with E-state index in [1.807, 2.05) is 29.3 Å². The van der Waals surface area contributed by atoms with Crippen molar-refractivity contribution in [3.05, 3.63) is 42.0 Å². The van der Waals surface area contributed by atoms with Crippen LogP contribution in [-0.4, -0.2) is 57.7 Å². The smallest absolute Gasteiger partial charge is 0.248 e. The average molecular weight is 470 g/mol. The number of nitrogens with one attached hydrogen (secondary N) is 1. The third-order valence-corrected chi connectivity index (χ3v) is 5.54. The quantitative estimate of drug-likeness (QED) is 0.513. The summed E-state index contributed by atoms with van der Waals surface area (Å²) >= 11 is 0. The molecule has 0 bridgehead atoms. The van der Waals surface area contributed by atoms with E-state index in [0.29, 0.717) is 47.8 Å². The van der Waals surface area contributed by atoms with Crippen LogP contribution in [0.1, 0.15) is 38.7 Å². The Balaban J connectivity index is 1.72. The van der Waals surface area contributed by atoms with Gasteiger partial charge in [0.05, 0.1) is 34.2 Å². The topological polar surface area (TPSA) is 81.6 Å². The Labute approximate surface area is 201 Å². The number of piperidine rings is 1. The highest BCUT2D eigenvalue weighted by atomic mass is 16.5. The molecule has 0 unspecified atom stereocenters. The minimum atomic E-state index is -0.354. The van der Waals surface area contributed by atoms with Crippen LogP contribution in [-0.2, 0) is 4.79 Å². The SMILES string of the molecule is COc1ccc(/C=N\N2CCCC[C@H]2C(=O)Nc2ccc(OC)c(OCC(C)C)c2)cc1OC. The molecule has 8 heteroatoms. The van der Waals surface area contributed by atoms with Crippen molar-refractivity contribution in [2.45, 2.75) is 39.2 Å². The number of amides is 1. The lowest BCUT2D eigenvalue weighted by Crippen LogP contribution is -2.44. The molecule has 0 aromatic heterocycles. The van der Waals surface area contributed by atoms with E-state index in [4.69, 9.17) is 18.9 Å². The predicted molar refractivity (Wildman–Crippen MR) is 133 cm³/mol. The van der Waals surface area contributed by atoms with Gasteiger partial charge in [0.1, 0.15) is 6.04 Å². The molecule has 1 N–H and O–H groups in total. The van der Waals surface area contributed by atoms with Crippen LogP contribution < -0.4 is 24.3 Å². The van der Waals surface area contributed by atoms with E-state index in [1.54, 1.807) is 39.7 Å². The van der Waals surface area contributed by atoms with Crippen molar-refractivity contribution in [3.63, 3.8) is 0 Å². The Morgan fingerprint density at radius 3 is 2.44 bits per heavy atom. The van der Waals surface area contributed by atoms with Gasteiger partial charge in [0, 0.05) is 18.3 Å². The summed E-state index contributed by atoms with van der Waals surface area (Å²) in [6.07, 6.45) is 4.45. The normalized spacial score (nSPS) is 15.9. The third-order valence-electron chi connectivity index (χ3n) is 5.54. The Kier molecular flexibility index (Phi) is 9.01. The minimum absolute atomic E-state index is 0.0934. The number of ether oxygens (including phenoxy) is 4. The van der Waals surface area contributed by atoms with Gasteiger partial charge in [-0.3, -0.25) is 9.80 Å². The fraction of sp³-hybridized carbons (Fsp3) is 0.462. The molecule has 34 heavy (non-hydrogen) atoms. The maximum Gasteiger partial charge on any atom is 0.248 e. The van der Waals surface area contributed by atoms with Crippen molar-refractivity contribution >= 4 is 17.8 Å². The van der Waals surface area contributed by atoms with Crippen LogP contribution in [0.5, 0.6) is 23.0 Å². The summed E-state index contributed by atoms with van der Waals surface area (Å²) in [6.45, 7) is 5.44. The van der Waals surface area contributed by atoms with Gasteiger partial charge in [0.15, 0.2) is 23.0 Å². The van der Waals surface area contributed by atoms with Gasteiger partial charge in [-0.25, -0.2) is 0 Å². The van der Waals surface area contributed by atoms with E-state index in [9.17, 15) is 4.79 Å². The molecule has 0 radical (unpaired) electrons. The maximum absolute atomic E-state index is 13.2. The molecule has 1 aliphatic heterocycles. The molecule has 184 valence electrons. The van der Waals surface area contributed by atoms with Gasteiger partial charge in [0.2, 0.25) is 5.91 Å². The largest absolute Gasteiger partial charge is 0.493 e. The molecule has 8 nitrogen and oxygen atoms in total. The van der Waals surface area contributed by atoms with E-state index in [2.05, 4.69) is 24.3 Å². The number of benzene rings is 2. The number of methoxy groups -OCH3 is 3. The first-order chi connectivity index (χ1) is 16.4. The highest BCUT2D eigenvalue weighted by Gasteiger charge is 2.28. The highest BCUT2D eigenvalue weighted by Crippen LogP contribution is 2.31. The van der Waals surface area contributed by atoms with Crippen molar-refractivity contribution in [2.75, 3.05) is 39.8 Å². The Hall–Kier alpha value is -3.42. The van der Waals surface area contributed by atoms with Crippen LogP contribution in [0.4, 0.5) is 5.69 Å². The number of carbonyl (C=O) groups excluding carboxylic acids is 1. The molecule has 0 saturated carbocycles. The molecule has 2 aromatic carbocycles. The molecule has 1 heterocycles. The molecular weight excluding hydrogens is 434 g/mol. The zero-order valence-corrected chi connectivity index (χ0v) is 20.7. The van der Waals surface area contributed by atoms with Crippen LogP contribution in [0.25, 0.3) is 0 Å². The fourth-order valence-corrected chi connectivity index (χ4v) is 3.74. The molecule has 1 fully saturated rings. The Morgan fingerprint density at radius 2 is 1.74 bits per heavy atom. The monoisotopic (exact) mass is 469 g/mol. The second-order valence-electron chi connectivity index (χ2n) is 8.59. The van der Waals surface area contributed by atoms with Crippen LogP contribution in [0, 0.1) is 5.92 Å². The summed E-state index contributed by atoms with van der Waals surface area (Å²) in [7, 11) is 4.80. The van der Waals surface area contributed by atoms with Crippen LogP contribution >= 0.6 is 0 Å². The third kappa shape index (κ3) is 6.56. The van der Waals surface area contributed by atoms with Crippen molar-refractivity contribution in [1.29, 1.82) is 0 Å². The van der Waals surface area contributed by atoms with Crippen LogP contribution in [0.2, 0.25) is 0 Å². The molecule has 1 atom stereocenters. The second kappa shape index (κ2) is 12.2. The molecule has 0 aliphatic carbocycles. The number of carbonyl (C=O) groups is 1. The number of hydrogen-bond donors (Lipinski definition) is 1. The lowest BCUT2D eigenvalue weighted by molar-refractivity contribution is -0.122. The van der Waals surface area contributed by atoms with Crippen molar-refractivity contribution in [1.82, 2.24) is 5.01 Å². The number of rotatable bonds is 10. The number of hydrogen-bond acceptors (Lipinski definition) is 7. The summed E-state index contributed by atoms with van der Waals surface area (Å²) in [5.41, 5.74) is 1.53. The molecule has 1 aliphatic rings. The second-order valence-corrected chi connectivity index (χ2v) is 8.59. The zero-order chi connectivity index (χ0) is 24.5. The van der Waals surface area contributed by atoms with Crippen molar-refractivity contribution in [2.24, 2.45) is 11.0 Å². The first kappa shape index (κ1) is 25.2. The van der Waals surface area contributed by atoms with E-state index in [-0.39, 0.29) is 11.9 Å². The number of nitrogens with zero attached hydrogens (tertiary/aromatic N) is 2. The lowest BCUT2D eigenvalue weighted by Gasteiger charge is -2.32. The number of hydrazone groups is 1. The summed E-state index contributed by atoms with van der Waals surface area (Å²) in [4.78, 5) is 13.2. The first-order valence-electron chi connectivity index (χ1n) is 11.6. The van der Waals surface area contributed by atoms with Crippen molar-refractivity contribution < 1.29 is 23.7 Å². The van der Waals surface area contributed by atoms with E-state index in [1.165, 1.54) is 0 Å². The van der Waals surface area contributed by atoms with E-state index < -0.39 is 0 Å². The molecule has 1 amide bonds. The summed E-state index contributed by atoms with van der Waals surface area (Å²) < 4.78 is 21.9. The summed E-state index contributed by atoms with van der Waals surface area (Å²) in [5.74, 6) is 2.82. The zero-order valence-electron chi connectivity index (χ0n) is 20.7. The predicted octanol–water partition coefficient (Wildman–Crippen LogP) is 4.57. The molecule has 0 spiro atoms. The van der Waals surface area contributed by atoms with Gasteiger partial charge in [-0.2, -0.15) is 5.10 Å². The van der Waals surface area contributed by atoms with Gasteiger partial charge in [-0.1, -0.05) is 13.8 Å². The van der Waals surface area contributed by atoms with Gasteiger partial charge >= 0.3 is 0 Å².